The lowest BCUT2D eigenvalue weighted by molar-refractivity contribution is -0.113. The van der Waals surface area contributed by atoms with Gasteiger partial charge in [-0.3, -0.25) is 4.79 Å². The number of rotatable bonds is 6. The van der Waals surface area contributed by atoms with Crippen LogP contribution >= 0.6 is 11.8 Å². The smallest absolute Gasteiger partial charge is 0.235 e. The Balaban J connectivity index is 1.34. The van der Waals surface area contributed by atoms with Crippen molar-refractivity contribution in [3.63, 3.8) is 0 Å². The fraction of sp³-hybridized carbons (Fsp3) is 0.273. The van der Waals surface area contributed by atoms with Gasteiger partial charge in [0, 0.05) is 11.5 Å². The van der Waals surface area contributed by atoms with Gasteiger partial charge in [0.2, 0.25) is 5.91 Å². The molecule has 0 aliphatic heterocycles. The van der Waals surface area contributed by atoms with E-state index in [1.807, 2.05) is 47.1 Å². The van der Waals surface area contributed by atoms with E-state index >= 15 is 0 Å². The van der Waals surface area contributed by atoms with Crippen LogP contribution in [0.1, 0.15) is 31.7 Å². The Morgan fingerprint density at radius 1 is 1.13 bits per heavy atom. The number of fused-ring (bicyclic) bond motifs is 1. The maximum absolute atomic E-state index is 12.7. The third kappa shape index (κ3) is 3.82. The fourth-order valence-corrected chi connectivity index (χ4v) is 4.66. The van der Waals surface area contributed by atoms with Gasteiger partial charge in [-0.15, -0.1) is 0 Å². The van der Waals surface area contributed by atoms with E-state index in [1.54, 1.807) is 12.5 Å². The summed E-state index contributed by atoms with van der Waals surface area (Å²) < 4.78 is 7.41. The summed E-state index contributed by atoms with van der Waals surface area (Å²) >= 11 is 1.39. The first kappa shape index (κ1) is 18.9. The highest BCUT2D eigenvalue weighted by Gasteiger charge is 2.21. The number of carbonyl (C=O) groups is 1. The number of furan rings is 1. The zero-order valence-corrected chi connectivity index (χ0v) is 17.1. The summed E-state index contributed by atoms with van der Waals surface area (Å²) in [6.07, 6.45) is 8.00. The number of para-hydroxylation sites is 1. The third-order valence-corrected chi connectivity index (χ3v) is 6.25. The number of amides is 1. The second kappa shape index (κ2) is 8.31. The fourth-order valence-electron chi connectivity index (χ4n) is 3.84. The number of hydrogen-bond donors (Lipinski definition) is 1. The van der Waals surface area contributed by atoms with Crippen LogP contribution in [0.5, 0.6) is 0 Å². The molecule has 1 aliphatic carbocycles. The molecule has 152 valence electrons. The first-order valence-corrected chi connectivity index (χ1v) is 11.0. The lowest BCUT2D eigenvalue weighted by Crippen LogP contribution is -2.19. The maximum atomic E-state index is 12.7. The van der Waals surface area contributed by atoms with Crippen molar-refractivity contribution in [2.75, 3.05) is 11.1 Å². The van der Waals surface area contributed by atoms with Crippen molar-refractivity contribution in [1.29, 1.82) is 0 Å². The molecule has 1 aromatic carbocycles. The first-order valence-electron chi connectivity index (χ1n) is 10.0. The Hall–Kier alpha value is -3.13. The molecule has 1 aliphatic rings. The van der Waals surface area contributed by atoms with E-state index in [4.69, 9.17) is 4.42 Å². The van der Waals surface area contributed by atoms with Gasteiger partial charge in [-0.05, 0) is 31.0 Å². The van der Waals surface area contributed by atoms with E-state index in [0.29, 0.717) is 17.6 Å². The van der Waals surface area contributed by atoms with E-state index in [1.165, 1.54) is 24.6 Å². The Morgan fingerprint density at radius 2 is 2.00 bits per heavy atom. The first-order chi connectivity index (χ1) is 14.8. The summed E-state index contributed by atoms with van der Waals surface area (Å²) in [5.41, 5.74) is 0.820. The maximum Gasteiger partial charge on any atom is 0.235 e. The summed E-state index contributed by atoms with van der Waals surface area (Å²) in [5.74, 6) is 2.04. The van der Waals surface area contributed by atoms with E-state index in [9.17, 15) is 4.79 Å². The standard InChI is InChI=1S/C22H21N5O2S/c28-20(25-19-11-12-23-27(19)15-6-1-2-7-15)14-30-22-16-8-3-4-9-17(16)24-21(26-22)18-10-5-13-29-18/h3-5,8-13,15H,1-2,6-7,14H2,(H,25,28). The minimum atomic E-state index is -0.0815. The third-order valence-electron chi connectivity index (χ3n) is 5.26. The molecule has 7 nitrogen and oxygen atoms in total. The van der Waals surface area contributed by atoms with Gasteiger partial charge in [0.05, 0.1) is 29.8 Å². The second-order valence-electron chi connectivity index (χ2n) is 7.28. The quantitative estimate of drug-likeness (QED) is 0.352. The van der Waals surface area contributed by atoms with Gasteiger partial charge >= 0.3 is 0 Å². The predicted molar refractivity (Wildman–Crippen MR) is 116 cm³/mol. The Morgan fingerprint density at radius 3 is 2.83 bits per heavy atom. The van der Waals surface area contributed by atoms with E-state index in [-0.39, 0.29) is 11.7 Å². The molecule has 0 atom stereocenters. The molecule has 30 heavy (non-hydrogen) atoms. The molecule has 4 aromatic rings. The molecule has 3 aromatic heterocycles. The summed E-state index contributed by atoms with van der Waals surface area (Å²) in [4.78, 5) is 21.9. The van der Waals surface area contributed by atoms with Gasteiger partial charge in [-0.25, -0.2) is 14.6 Å². The minimum absolute atomic E-state index is 0.0815. The number of aromatic nitrogens is 4. The van der Waals surface area contributed by atoms with Crippen LogP contribution in [0.4, 0.5) is 5.82 Å². The lowest BCUT2D eigenvalue weighted by atomic mass is 10.2. The van der Waals surface area contributed by atoms with Crippen molar-refractivity contribution in [3.8, 4) is 11.6 Å². The molecular formula is C22H21N5O2S. The van der Waals surface area contributed by atoms with Crippen LogP contribution in [0.25, 0.3) is 22.5 Å². The highest BCUT2D eigenvalue weighted by Crippen LogP contribution is 2.32. The highest BCUT2D eigenvalue weighted by molar-refractivity contribution is 8.00. The van der Waals surface area contributed by atoms with Gasteiger partial charge in [-0.1, -0.05) is 42.8 Å². The van der Waals surface area contributed by atoms with Gasteiger partial charge in [-0.2, -0.15) is 5.10 Å². The van der Waals surface area contributed by atoms with Crippen molar-refractivity contribution < 1.29 is 9.21 Å². The second-order valence-corrected chi connectivity index (χ2v) is 8.25. The summed E-state index contributed by atoms with van der Waals surface area (Å²) in [6.45, 7) is 0. The number of anilines is 1. The summed E-state index contributed by atoms with van der Waals surface area (Å²) in [5, 5.41) is 9.10. The molecule has 3 heterocycles. The van der Waals surface area contributed by atoms with Crippen LogP contribution in [0.3, 0.4) is 0 Å². The Kier molecular flexibility index (Phi) is 5.23. The molecule has 1 saturated carbocycles. The normalized spacial score (nSPS) is 14.4. The summed E-state index contributed by atoms with van der Waals surface area (Å²) in [7, 11) is 0. The number of nitrogens with one attached hydrogen (secondary N) is 1. The Labute approximate surface area is 177 Å². The molecule has 1 fully saturated rings. The average molecular weight is 420 g/mol. The largest absolute Gasteiger partial charge is 0.461 e. The van der Waals surface area contributed by atoms with Crippen molar-refractivity contribution >= 4 is 34.4 Å². The SMILES string of the molecule is O=C(CSc1nc(-c2ccco2)nc2ccccc12)Nc1ccnn1C1CCCC1. The van der Waals surface area contributed by atoms with E-state index in [0.717, 1.165) is 34.6 Å². The Bertz CT molecular complexity index is 1170. The number of nitrogens with zero attached hydrogens (tertiary/aromatic N) is 4. The predicted octanol–water partition coefficient (Wildman–Crippen LogP) is 4.93. The number of benzene rings is 1. The van der Waals surface area contributed by atoms with Crippen LogP contribution in [0.2, 0.25) is 0 Å². The molecular weight excluding hydrogens is 398 g/mol. The zero-order valence-electron chi connectivity index (χ0n) is 16.3. The van der Waals surface area contributed by atoms with Crippen molar-refractivity contribution in [2.45, 2.75) is 36.8 Å². The van der Waals surface area contributed by atoms with Gasteiger partial charge in [0.15, 0.2) is 11.6 Å². The van der Waals surface area contributed by atoms with E-state index < -0.39 is 0 Å². The summed E-state index contributed by atoms with van der Waals surface area (Å²) in [6, 6.07) is 13.7. The van der Waals surface area contributed by atoms with Crippen molar-refractivity contribution in [2.24, 2.45) is 0 Å². The van der Waals surface area contributed by atoms with Crippen LogP contribution in [-0.4, -0.2) is 31.4 Å². The monoisotopic (exact) mass is 419 g/mol. The molecule has 0 radical (unpaired) electrons. The topological polar surface area (TPSA) is 85.8 Å². The zero-order chi connectivity index (χ0) is 20.3. The van der Waals surface area contributed by atoms with Crippen LogP contribution in [-0.2, 0) is 4.79 Å². The molecule has 5 rings (SSSR count). The van der Waals surface area contributed by atoms with Crippen LogP contribution in [0, 0.1) is 0 Å². The molecule has 8 heteroatoms. The lowest BCUT2D eigenvalue weighted by Gasteiger charge is -2.14. The van der Waals surface area contributed by atoms with Gasteiger partial charge in [0.25, 0.3) is 0 Å². The van der Waals surface area contributed by atoms with Gasteiger partial charge in [0.1, 0.15) is 10.8 Å². The average Bonchev–Trinajstić information content (AvgIpc) is 3.54. The van der Waals surface area contributed by atoms with Crippen molar-refractivity contribution in [3.05, 3.63) is 54.9 Å². The molecule has 0 saturated heterocycles. The molecule has 0 bridgehead atoms. The minimum Gasteiger partial charge on any atom is -0.461 e. The van der Waals surface area contributed by atoms with Gasteiger partial charge < -0.3 is 9.73 Å². The van der Waals surface area contributed by atoms with Crippen LogP contribution in [0.15, 0.2) is 64.4 Å². The molecule has 0 spiro atoms. The molecule has 1 amide bonds. The number of hydrogen-bond acceptors (Lipinski definition) is 6. The van der Waals surface area contributed by atoms with E-state index in [2.05, 4.69) is 20.4 Å². The molecule has 0 unspecified atom stereocenters. The number of thioether (sulfide) groups is 1. The highest BCUT2D eigenvalue weighted by atomic mass is 32.2. The molecule has 1 N–H and O–H groups in total. The number of carbonyl (C=O) groups excluding carboxylic acids is 1. The van der Waals surface area contributed by atoms with Crippen molar-refractivity contribution in [1.82, 2.24) is 19.7 Å². The van der Waals surface area contributed by atoms with Crippen LogP contribution < -0.4 is 5.32 Å².